The highest BCUT2D eigenvalue weighted by Gasteiger charge is 2.43. The Bertz CT molecular complexity index is 2070. The number of fused-ring (bicyclic) bond motifs is 3. The van der Waals surface area contributed by atoms with E-state index in [1.54, 1.807) is 11.8 Å². The topological polar surface area (TPSA) is 107 Å². The van der Waals surface area contributed by atoms with Crippen LogP contribution in [0.5, 0.6) is 5.88 Å². The number of carbonyl (C=O) groups is 1. The number of alkyl halides is 1. The van der Waals surface area contributed by atoms with Crippen molar-refractivity contribution < 1.29 is 22.9 Å². The summed E-state index contributed by atoms with van der Waals surface area (Å²) in [7, 11) is -2.32. The highest BCUT2D eigenvalue weighted by Crippen LogP contribution is 2.42. The van der Waals surface area contributed by atoms with Gasteiger partial charge in [-0.05, 0) is 58.2 Å². The first-order chi connectivity index (χ1) is 24.4. The van der Waals surface area contributed by atoms with Crippen molar-refractivity contribution in [3.8, 4) is 5.88 Å². The molecule has 2 amide bonds. The molecular weight excluding hydrogens is 654 g/mol. The summed E-state index contributed by atoms with van der Waals surface area (Å²) in [6, 6.07) is 30.4. The van der Waals surface area contributed by atoms with Crippen LogP contribution in [0.3, 0.4) is 0 Å². The molecule has 256 valence electrons. The van der Waals surface area contributed by atoms with Crippen molar-refractivity contribution in [3.05, 3.63) is 142 Å². The number of nitrogens with zero attached hydrogens (tertiary/aromatic N) is 3. The van der Waals surface area contributed by atoms with Gasteiger partial charge < -0.3 is 14.8 Å². The van der Waals surface area contributed by atoms with Crippen molar-refractivity contribution >= 4 is 21.6 Å². The molecule has 0 saturated carbocycles. The van der Waals surface area contributed by atoms with Crippen molar-refractivity contribution in [2.75, 3.05) is 19.0 Å². The summed E-state index contributed by atoms with van der Waals surface area (Å²) in [4.78, 5) is 14.4. The Morgan fingerprint density at radius 3 is 2.22 bits per heavy atom. The fraction of sp³-hybridized carbons (Fsp3) is 0.282. The van der Waals surface area contributed by atoms with Crippen LogP contribution in [-0.4, -0.2) is 46.0 Å². The highest BCUT2D eigenvalue weighted by atomic mass is 32.2. The fourth-order valence-corrected chi connectivity index (χ4v) is 9.61. The molecule has 9 nitrogen and oxygen atoms in total. The van der Waals surface area contributed by atoms with E-state index in [9.17, 15) is 9.18 Å². The van der Waals surface area contributed by atoms with E-state index >= 15 is 4.21 Å². The van der Waals surface area contributed by atoms with Crippen molar-refractivity contribution in [1.82, 2.24) is 14.5 Å². The maximum atomic E-state index is 16.0. The zero-order valence-corrected chi connectivity index (χ0v) is 28.5. The van der Waals surface area contributed by atoms with Gasteiger partial charge in [0, 0.05) is 25.6 Å². The number of ether oxygens (including phenoxy) is 2. The summed E-state index contributed by atoms with van der Waals surface area (Å²) in [6.07, 6.45) is 3.22. The second kappa shape index (κ2) is 13.1. The number of methoxy groups -OCH3 is 1. The van der Waals surface area contributed by atoms with E-state index in [-0.39, 0.29) is 23.3 Å². The number of benzene rings is 4. The Morgan fingerprint density at radius 1 is 0.960 bits per heavy atom. The Balaban J connectivity index is 1.32. The van der Waals surface area contributed by atoms with E-state index in [4.69, 9.17) is 9.47 Å². The van der Waals surface area contributed by atoms with E-state index in [2.05, 4.69) is 25.6 Å². The third-order valence-corrected chi connectivity index (χ3v) is 11.8. The minimum absolute atomic E-state index is 0.144. The van der Waals surface area contributed by atoms with Crippen LogP contribution in [0.2, 0.25) is 0 Å². The first kappa shape index (κ1) is 32.4. The van der Waals surface area contributed by atoms with Gasteiger partial charge in [0.2, 0.25) is 5.88 Å². The van der Waals surface area contributed by atoms with Crippen LogP contribution in [-0.2, 0) is 52.4 Å². The highest BCUT2D eigenvalue weighted by molar-refractivity contribution is 7.92. The molecule has 4 aromatic carbocycles. The molecule has 0 bridgehead atoms. The number of carbonyl (C=O) groups excluding carboxylic acids is 1. The number of hydrogen-bond acceptors (Lipinski definition) is 5. The van der Waals surface area contributed by atoms with Crippen LogP contribution in [0.4, 0.5) is 14.9 Å². The zero-order valence-electron chi connectivity index (χ0n) is 27.7. The van der Waals surface area contributed by atoms with Gasteiger partial charge in [0.15, 0.2) is 9.92 Å². The Kier molecular flexibility index (Phi) is 8.50. The molecule has 1 unspecified atom stereocenters. The summed E-state index contributed by atoms with van der Waals surface area (Å²) in [5.41, 5.74) is 5.55. The van der Waals surface area contributed by atoms with E-state index in [0.29, 0.717) is 25.3 Å². The van der Waals surface area contributed by atoms with Crippen LogP contribution < -0.4 is 14.8 Å². The minimum atomic E-state index is -3.91. The van der Waals surface area contributed by atoms with Crippen LogP contribution >= 0.6 is 0 Å². The minimum Gasteiger partial charge on any atom is -0.469 e. The number of anilines is 1. The predicted octanol–water partition coefficient (Wildman–Crippen LogP) is 6.77. The van der Waals surface area contributed by atoms with Gasteiger partial charge >= 0.3 is 6.03 Å². The van der Waals surface area contributed by atoms with Gasteiger partial charge in [0.05, 0.1) is 19.3 Å². The Morgan fingerprint density at radius 2 is 1.60 bits per heavy atom. The summed E-state index contributed by atoms with van der Waals surface area (Å²) in [5, 5.41) is 7.52. The second-order valence-electron chi connectivity index (χ2n) is 13.1. The molecule has 1 aliphatic heterocycles. The van der Waals surface area contributed by atoms with Gasteiger partial charge in [-0.25, -0.2) is 22.8 Å². The first-order valence-corrected chi connectivity index (χ1v) is 18.4. The number of aromatic nitrogens is 2. The molecule has 11 heteroatoms. The number of amides is 2. The maximum Gasteiger partial charge on any atom is 0.354 e. The molecule has 0 saturated heterocycles. The molecule has 3 aliphatic rings. The van der Waals surface area contributed by atoms with Crippen molar-refractivity contribution in [1.29, 1.82) is 0 Å². The van der Waals surface area contributed by atoms with Crippen LogP contribution in [0, 0.1) is 0 Å². The van der Waals surface area contributed by atoms with Gasteiger partial charge in [-0.2, -0.15) is 5.10 Å². The molecule has 5 aromatic rings. The lowest BCUT2D eigenvalue weighted by Gasteiger charge is -2.37. The summed E-state index contributed by atoms with van der Waals surface area (Å²) in [5.74, 6) is 0.256. The molecule has 2 N–H and O–H groups in total. The number of halogens is 1. The monoisotopic (exact) mass is 691 g/mol. The third-order valence-electron chi connectivity index (χ3n) is 9.89. The van der Waals surface area contributed by atoms with Gasteiger partial charge in [-0.1, -0.05) is 97.1 Å². The summed E-state index contributed by atoms with van der Waals surface area (Å²) < 4.78 is 51.9. The summed E-state index contributed by atoms with van der Waals surface area (Å²) >= 11 is 0. The average molecular weight is 692 g/mol. The van der Waals surface area contributed by atoms with E-state index in [0.717, 1.165) is 58.2 Å². The van der Waals surface area contributed by atoms with Crippen molar-refractivity contribution in [2.24, 2.45) is 4.36 Å². The Labute approximate surface area is 291 Å². The lowest BCUT2D eigenvalue weighted by atomic mass is 9.78. The number of urea groups is 1. The largest absolute Gasteiger partial charge is 0.469 e. The lowest BCUT2D eigenvalue weighted by molar-refractivity contribution is 0.0920. The van der Waals surface area contributed by atoms with Crippen molar-refractivity contribution in [3.63, 3.8) is 0 Å². The lowest BCUT2D eigenvalue weighted by Crippen LogP contribution is -2.48. The van der Waals surface area contributed by atoms with E-state index in [1.807, 2.05) is 91.0 Å². The quantitative estimate of drug-likeness (QED) is 0.166. The normalized spacial score (nSPS) is 18.8. The second-order valence-corrected chi connectivity index (χ2v) is 15.0. The van der Waals surface area contributed by atoms with Gasteiger partial charge in [0.25, 0.3) is 0 Å². The smallest absolute Gasteiger partial charge is 0.354 e. The third kappa shape index (κ3) is 5.69. The SMILES string of the molecule is COC[C@@H]1Cn2ncc(S(=O)(=NC(=O)Nc3c4c(cc5c3C[C@H](F)C5)CCC4)NC(c3ccccc3)(c3ccccc3)c3ccccc3)c2O1. The average Bonchev–Trinajstić information content (AvgIpc) is 3.93. The molecule has 0 radical (unpaired) electrons. The molecule has 8 rings (SSSR count). The van der Waals surface area contributed by atoms with Crippen LogP contribution in [0.1, 0.15) is 45.4 Å². The number of aryl methyl sites for hydroxylation is 1. The molecule has 2 aliphatic carbocycles. The van der Waals surface area contributed by atoms with Gasteiger partial charge in [-0.3, -0.25) is 0 Å². The first-order valence-electron chi connectivity index (χ1n) is 16.9. The van der Waals surface area contributed by atoms with Crippen LogP contribution in [0.25, 0.3) is 0 Å². The van der Waals surface area contributed by atoms with Crippen molar-refractivity contribution in [2.45, 2.75) is 61.4 Å². The molecule has 0 fully saturated rings. The number of hydrogen-bond donors (Lipinski definition) is 2. The zero-order chi connectivity index (χ0) is 34.3. The molecule has 3 atom stereocenters. The molecule has 2 heterocycles. The summed E-state index contributed by atoms with van der Waals surface area (Å²) in [6.45, 7) is 0.690. The number of rotatable bonds is 9. The predicted molar refractivity (Wildman–Crippen MR) is 189 cm³/mol. The molecular formula is C39H38FN5O4S. The molecule has 0 spiro atoms. The van der Waals surface area contributed by atoms with Gasteiger partial charge in [0.1, 0.15) is 22.7 Å². The van der Waals surface area contributed by atoms with Crippen LogP contribution in [0.15, 0.2) is 113 Å². The standard InChI is InChI=1S/C39H38FN5O4S/c1-48-25-32-24-45-37(49-32)35(23-41-45)50(47,43-38(46)42-36-33-19-11-12-26(33)20-27-21-31(40)22-34(27)36)44-39(28-13-5-2-6-14-28,29-15-7-3-8-16-29)30-17-9-4-10-18-30/h2-10,13-18,20,23,31-32H,11-12,19,21-22,24-25H2,1H3,(H2,42,43,44,46,47)/t31-,32+,50?/m1/s1. The van der Waals surface area contributed by atoms with E-state index in [1.165, 1.54) is 6.20 Å². The van der Waals surface area contributed by atoms with Gasteiger partial charge in [-0.15, -0.1) is 4.36 Å². The Hall–Kier alpha value is -4.84. The molecule has 50 heavy (non-hydrogen) atoms. The maximum absolute atomic E-state index is 16.0. The van der Waals surface area contributed by atoms with E-state index < -0.39 is 27.7 Å². The number of nitrogens with one attached hydrogen (secondary N) is 2. The molecule has 1 aromatic heterocycles. The fourth-order valence-electron chi connectivity index (χ4n) is 7.73.